The second kappa shape index (κ2) is 6.59. The van der Waals surface area contributed by atoms with E-state index in [1.165, 1.54) is 5.56 Å². The highest BCUT2D eigenvalue weighted by atomic mass is 16.2. The number of hydrogen-bond acceptors (Lipinski definition) is 3. The average molecular weight is 390 g/mol. The number of nitrogens with zero attached hydrogens (tertiary/aromatic N) is 3. The summed E-state index contributed by atoms with van der Waals surface area (Å²) in [6, 6.07) is 14.8. The van der Waals surface area contributed by atoms with Crippen LogP contribution in [0.3, 0.4) is 0 Å². The van der Waals surface area contributed by atoms with Crippen molar-refractivity contribution in [3.63, 3.8) is 0 Å². The summed E-state index contributed by atoms with van der Waals surface area (Å²) in [5.74, 6) is 0. The van der Waals surface area contributed by atoms with Gasteiger partial charge in [-0.2, -0.15) is 0 Å². The monoisotopic (exact) mass is 389 g/mol. The van der Waals surface area contributed by atoms with Crippen LogP contribution in [0.15, 0.2) is 54.9 Å². The van der Waals surface area contributed by atoms with E-state index in [0.29, 0.717) is 6.54 Å². The number of aromatic amines is 1. The Morgan fingerprint density at radius 3 is 2.55 bits per heavy atom. The molecule has 3 aromatic rings. The number of H-pyrrole nitrogens is 1. The average Bonchev–Trinajstić information content (AvgIpc) is 3.33. The summed E-state index contributed by atoms with van der Waals surface area (Å²) in [4.78, 5) is 24.6. The van der Waals surface area contributed by atoms with Gasteiger partial charge in [-0.3, -0.25) is 9.80 Å². The third-order valence-electron chi connectivity index (χ3n) is 6.98. The quantitative estimate of drug-likeness (QED) is 0.715. The molecule has 2 fully saturated rings. The third-order valence-corrected chi connectivity index (χ3v) is 6.98. The Labute approximate surface area is 170 Å². The van der Waals surface area contributed by atoms with E-state index < -0.39 is 0 Å². The van der Waals surface area contributed by atoms with Gasteiger partial charge in [-0.25, -0.2) is 9.78 Å². The molecular formula is C23H27N5O. The lowest BCUT2D eigenvalue weighted by atomic mass is 9.69. The molecule has 0 bridgehead atoms. The number of fused-ring (bicyclic) bond motifs is 1. The summed E-state index contributed by atoms with van der Waals surface area (Å²) in [5, 5.41) is 4.34. The smallest absolute Gasteiger partial charge is 0.322 e. The fourth-order valence-corrected chi connectivity index (χ4v) is 5.16. The van der Waals surface area contributed by atoms with Gasteiger partial charge >= 0.3 is 6.03 Å². The molecule has 2 N–H and O–H groups in total. The Hall–Kier alpha value is -2.86. The van der Waals surface area contributed by atoms with Crippen LogP contribution in [-0.4, -0.2) is 47.1 Å². The Bertz CT molecular complexity index is 1030. The molecule has 6 heteroatoms. The maximum Gasteiger partial charge on any atom is 0.322 e. The van der Waals surface area contributed by atoms with Crippen LogP contribution in [0, 0.1) is 0 Å². The maximum atomic E-state index is 12.9. The molecule has 0 unspecified atom stereocenters. The van der Waals surface area contributed by atoms with E-state index in [2.05, 4.69) is 64.6 Å². The van der Waals surface area contributed by atoms with Crippen LogP contribution in [0.5, 0.6) is 0 Å². The molecule has 6 nitrogen and oxygen atoms in total. The number of rotatable bonds is 3. The number of carbonyl (C=O) groups is 1. The Morgan fingerprint density at radius 2 is 1.83 bits per heavy atom. The molecule has 1 aliphatic heterocycles. The number of aromatic nitrogens is 2. The van der Waals surface area contributed by atoms with E-state index >= 15 is 0 Å². The summed E-state index contributed by atoms with van der Waals surface area (Å²) in [5.41, 5.74) is 2.93. The first-order valence-corrected chi connectivity index (χ1v) is 10.3. The summed E-state index contributed by atoms with van der Waals surface area (Å²) >= 11 is 0. The number of benzene rings is 1. The topological polar surface area (TPSA) is 64.3 Å². The number of amides is 2. The van der Waals surface area contributed by atoms with Gasteiger partial charge in [-0.1, -0.05) is 30.3 Å². The van der Waals surface area contributed by atoms with Crippen molar-refractivity contribution in [2.75, 3.05) is 25.5 Å². The minimum atomic E-state index is -0.168. The molecule has 150 valence electrons. The molecule has 1 aromatic carbocycles. The first kappa shape index (κ1) is 18.2. The zero-order chi connectivity index (χ0) is 20.1. The molecule has 1 aliphatic carbocycles. The van der Waals surface area contributed by atoms with Crippen LogP contribution in [0.1, 0.15) is 31.2 Å². The molecule has 1 saturated heterocycles. The molecule has 3 heterocycles. The molecule has 29 heavy (non-hydrogen) atoms. The van der Waals surface area contributed by atoms with E-state index in [-0.39, 0.29) is 17.1 Å². The Morgan fingerprint density at radius 1 is 1.07 bits per heavy atom. The molecule has 0 radical (unpaired) electrons. The highest BCUT2D eigenvalue weighted by Gasteiger charge is 2.50. The molecule has 0 atom stereocenters. The van der Waals surface area contributed by atoms with E-state index in [0.717, 1.165) is 42.4 Å². The lowest BCUT2D eigenvalue weighted by molar-refractivity contribution is 0.0658. The molecule has 1 saturated carbocycles. The number of nitrogens with one attached hydrogen (secondary N) is 2. The van der Waals surface area contributed by atoms with E-state index in [4.69, 9.17) is 0 Å². The zero-order valence-corrected chi connectivity index (χ0v) is 17.0. The van der Waals surface area contributed by atoms with Crippen molar-refractivity contribution in [1.82, 2.24) is 20.2 Å². The summed E-state index contributed by atoms with van der Waals surface area (Å²) < 4.78 is 0. The van der Waals surface area contributed by atoms with E-state index in [9.17, 15) is 4.79 Å². The minimum Gasteiger partial charge on any atom is -0.346 e. The number of urea groups is 1. The molecule has 2 aromatic heterocycles. The van der Waals surface area contributed by atoms with Gasteiger partial charge in [0, 0.05) is 17.1 Å². The van der Waals surface area contributed by atoms with E-state index in [1.54, 1.807) is 6.20 Å². The first-order valence-electron chi connectivity index (χ1n) is 10.3. The predicted molar refractivity (Wildman–Crippen MR) is 115 cm³/mol. The van der Waals surface area contributed by atoms with Crippen molar-refractivity contribution in [2.45, 2.75) is 36.8 Å². The van der Waals surface area contributed by atoms with Gasteiger partial charge in [-0.15, -0.1) is 0 Å². The lowest BCUT2D eigenvalue weighted by Gasteiger charge is -2.48. The SMILES string of the molecule is CN(C)C1(c2ccccc2)CCC2(CC1)CN(c1cnc3[nH]ccc3c1)C(=O)N2. The van der Waals surface area contributed by atoms with Gasteiger partial charge < -0.3 is 10.3 Å². The normalized spacial score (nSPS) is 27.1. The molecular weight excluding hydrogens is 362 g/mol. The van der Waals surface area contributed by atoms with Crippen LogP contribution in [-0.2, 0) is 5.54 Å². The first-order chi connectivity index (χ1) is 14.0. The highest BCUT2D eigenvalue weighted by molar-refractivity contribution is 5.96. The van der Waals surface area contributed by atoms with Gasteiger partial charge in [0.2, 0.25) is 0 Å². The Balaban J connectivity index is 1.38. The maximum absolute atomic E-state index is 12.9. The van der Waals surface area contributed by atoms with Gasteiger partial charge in [-0.05, 0) is 57.5 Å². The fraction of sp³-hybridized carbons (Fsp3) is 0.391. The van der Waals surface area contributed by atoms with Crippen LogP contribution in [0.4, 0.5) is 10.5 Å². The summed E-state index contributed by atoms with van der Waals surface area (Å²) in [6.45, 7) is 0.696. The number of pyridine rings is 1. The summed E-state index contributed by atoms with van der Waals surface area (Å²) in [6.07, 6.45) is 7.62. The van der Waals surface area contributed by atoms with E-state index in [1.807, 2.05) is 23.2 Å². The van der Waals surface area contributed by atoms with Crippen LogP contribution in [0.25, 0.3) is 11.0 Å². The Kier molecular flexibility index (Phi) is 4.13. The minimum absolute atomic E-state index is 0.0150. The third kappa shape index (κ3) is 2.90. The molecule has 1 spiro atoms. The number of anilines is 1. The van der Waals surface area contributed by atoms with Gasteiger partial charge in [0.05, 0.1) is 24.0 Å². The van der Waals surface area contributed by atoms with Gasteiger partial charge in [0.25, 0.3) is 0 Å². The van der Waals surface area contributed by atoms with Crippen LogP contribution >= 0.6 is 0 Å². The largest absolute Gasteiger partial charge is 0.346 e. The standard InChI is InChI=1S/C23H27N5O/c1-27(2)23(18-6-4-3-5-7-18)11-9-22(10-12-23)16-28(21(29)26-22)19-14-17-8-13-24-20(17)25-15-19/h3-8,13-15H,9-12,16H2,1-2H3,(H,24,25)(H,26,29). The van der Waals surface area contributed by atoms with Gasteiger partial charge in [0.1, 0.15) is 5.65 Å². The fourth-order valence-electron chi connectivity index (χ4n) is 5.16. The molecule has 2 aliphatic rings. The molecule has 5 rings (SSSR count). The van der Waals surface area contributed by atoms with Crippen LogP contribution in [0.2, 0.25) is 0 Å². The number of carbonyl (C=O) groups excluding carboxylic acids is 1. The second-order valence-electron chi connectivity index (χ2n) is 8.70. The van der Waals surface area contributed by atoms with Crippen molar-refractivity contribution in [3.05, 3.63) is 60.4 Å². The highest BCUT2D eigenvalue weighted by Crippen LogP contribution is 2.46. The molecule has 2 amide bonds. The second-order valence-corrected chi connectivity index (χ2v) is 8.70. The lowest BCUT2D eigenvalue weighted by Crippen LogP contribution is -2.54. The van der Waals surface area contributed by atoms with Crippen molar-refractivity contribution in [3.8, 4) is 0 Å². The van der Waals surface area contributed by atoms with Crippen molar-refractivity contribution in [2.24, 2.45) is 0 Å². The van der Waals surface area contributed by atoms with Gasteiger partial charge in [0.15, 0.2) is 0 Å². The van der Waals surface area contributed by atoms with Crippen LogP contribution < -0.4 is 10.2 Å². The van der Waals surface area contributed by atoms with Crippen molar-refractivity contribution >= 4 is 22.8 Å². The zero-order valence-electron chi connectivity index (χ0n) is 17.0. The predicted octanol–water partition coefficient (Wildman–Crippen LogP) is 3.86. The van der Waals surface area contributed by atoms with Crippen molar-refractivity contribution < 1.29 is 4.79 Å². The van der Waals surface area contributed by atoms with Crippen molar-refractivity contribution in [1.29, 1.82) is 0 Å². The summed E-state index contributed by atoms with van der Waals surface area (Å²) in [7, 11) is 4.34. The number of hydrogen-bond donors (Lipinski definition) is 2.